The SMILES string of the molecule is Cc1ccc(Cl)c(-n2cncc2C(N)C2CCOC2)c1. The lowest BCUT2D eigenvalue weighted by molar-refractivity contribution is 0.180. The van der Waals surface area contributed by atoms with Gasteiger partial charge in [0, 0.05) is 12.5 Å². The Morgan fingerprint density at radius 3 is 3.10 bits per heavy atom. The molecule has 0 aliphatic carbocycles. The maximum atomic E-state index is 6.39. The molecule has 1 aliphatic rings. The second-order valence-electron chi connectivity index (χ2n) is 5.29. The highest BCUT2D eigenvalue weighted by molar-refractivity contribution is 6.32. The van der Waals surface area contributed by atoms with Crippen LogP contribution in [-0.2, 0) is 4.74 Å². The van der Waals surface area contributed by atoms with E-state index in [-0.39, 0.29) is 6.04 Å². The first-order valence-corrected chi connectivity index (χ1v) is 7.16. The number of hydrogen-bond donors (Lipinski definition) is 1. The van der Waals surface area contributed by atoms with Gasteiger partial charge in [-0.2, -0.15) is 0 Å². The fraction of sp³-hybridized carbons (Fsp3) is 0.400. The molecule has 2 heterocycles. The Labute approximate surface area is 123 Å². The van der Waals surface area contributed by atoms with Crippen LogP contribution >= 0.6 is 11.6 Å². The fourth-order valence-corrected chi connectivity index (χ4v) is 2.85. The molecule has 1 saturated heterocycles. The van der Waals surface area contributed by atoms with Gasteiger partial charge >= 0.3 is 0 Å². The smallest absolute Gasteiger partial charge is 0.0995 e. The normalized spacial score (nSPS) is 20.2. The maximum Gasteiger partial charge on any atom is 0.0995 e. The first kappa shape index (κ1) is 13.6. The minimum Gasteiger partial charge on any atom is -0.381 e. The van der Waals surface area contributed by atoms with Crippen LogP contribution in [0.25, 0.3) is 5.69 Å². The van der Waals surface area contributed by atoms with Crippen molar-refractivity contribution in [2.45, 2.75) is 19.4 Å². The molecule has 20 heavy (non-hydrogen) atoms. The number of ether oxygens (including phenoxy) is 1. The molecule has 1 aromatic carbocycles. The van der Waals surface area contributed by atoms with Gasteiger partial charge in [-0.25, -0.2) is 4.98 Å². The predicted octanol–water partition coefficient (Wildman–Crippen LogP) is 2.87. The van der Waals surface area contributed by atoms with Crippen molar-refractivity contribution in [3.05, 3.63) is 47.0 Å². The molecule has 0 amide bonds. The number of halogens is 1. The Balaban J connectivity index is 1.99. The van der Waals surface area contributed by atoms with Crippen LogP contribution in [0.5, 0.6) is 0 Å². The van der Waals surface area contributed by atoms with Crippen molar-refractivity contribution in [1.29, 1.82) is 0 Å². The fourth-order valence-electron chi connectivity index (χ4n) is 2.64. The molecule has 3 rings (SSSR count). The van der Waals surface area contributed by atoms with Gasteiger partial charge in [0.05, 0.1) is 41.6 Å². The number of rotatable bonds is 3. The number of benzene rings is 1. The molecular formula is C15H18ClN3O. The second-order valence-corrected chi connectivity index (χ2v) is 5.70. The first-order valence-electron chi connectivity index (χ1n) is 6.79. The average molecular weight is 292 g/mol. The Hall–Kier alpha value is -1.36. The van der Waals surface area contributed by atoms with Crippen LogP contribution in [0.15, 0.2) is 30.7 Å². The van der Waals surface area contributed by atoms with Gasteiger partial charge in [-0.1, -0.05) is 17.7 Å². The largest absolute Gasteiger partial charge is 0.381 e. The molecule has 2 N–H and O–H groups in total. The highest BCUT2D eigenvalue weighted by Gasteiger charge is 2.26. The lowest BCUT2D eigenvalue weighted by Gasteiger charge is -2.20. The van der Waals surface area contributed by atoms with Gasteiger partial charge in [-0.05, 0) is 31.0 Å². The van der Waals surface area contributed by atoms with Gasteiger partial charge < -0.3 is 15.0 Å². The van der Waals surface area contributed by atoms with E-state index in [1.165, 1.54) is 0 Å². The number of nitrogens with zero attached hydrogens (tertiary/aromatic N) is 2. The summed E-state index contributed by atoms with van der Waals surface area (Å²) in [7, 11) is 0. The van der Waals surface area contributed by atoms with Gasteiger partial charge in [-0.15, -0.1) is 0 Å². The Morgan fingerprint density at radius 1 is 1.50 bits per heavy atom. The summed E-state index contributed by atoms with van der Waals surface area (Å²) >= 11 is 6.31. The van der Waals surface area contributed by atoms with E-state index in [1.807, 2.05) is 35.9 Å². The molecule has 2 aromatic rings. The van der Waals surface area contributed by atoms with Crippen molar-refractivity contribution < 1.29 is 4.74 Å². The first-order chi connectivity index (χ1) is 9.66. The van der Waals surface area contributed by atoms with E-state index in [0.29, 0.717) is 17.5 Å². The third-order valence-corrected chi connectivity index (χ3v) is 4.16. The van der Waals surface area contributed by atoms with Crippen molar-refractivity contribution in [1.82, 2.24) is 9.55 Å². The molecule has 1 fully saturated rings. The van der Waals surface area contributed by atoms with Gasteiger partial charge in [0.15, 0.2) is 0 Å². The molecule has 2 atom stereocenters. The lowest BCUT2D eigenvalue weighted by atomic mass is 9.97. The summed E-state index contributed by atoms with van der Waals surface area (Å²) in [5, 5.41) is 0.699. The number of nitrogens with two attached hydrogens (primary N) is 1. The summed E-state index contributed by atoms with van der Waals surface area (Å²) in [5.74, 6) is 0.342. The van der Waals surface area contributed by atoms with E-state index in [4.69, 9.17) is 22.1 Å². The molecule has 1 aliphatic heterocycles. The maximum absolute atomic E-state index is 6.39. The third kappa shape index (κ3) is 2.46. The predicted molar refractivity (Wildman–Crippen MR) is 79.2 cm³/mol. The molecule has 0 saturated carbocycles. The molecule has 4 nitrogen and oxygen atoms in total. The summed E-state index contributed by atoms with van der Waals surface area (Å²) in [6.07, 6.45) is 4.58. The van der Waals surface area contributed by atoms with E-state index < -0.39 is 0 Å². The van der Waals surface area contributed by atoms with Crippen LogP contribution in [-0.4, -0.2) is 22.8 Å². The van der Waals surface area contributed by atoms with E-state index >= 15 is 0 Å². The Kier molecular flexibility index (Phi) is 3.78. The van der Waals surface area contributed by atoms with E-state index in [1.54, 1.807) is 6.33 Å². The molecule has 0 radical (unpaired) electrons. The van der Waals surface area contributed by atoms with E-state index in [0.717, 1.165) is 30.0 Å². The van der Waals surface area contributed by atoms with Crippen LogP contribution in [0.4, 0.5) is 0 Å². The van der Waals surface area contributed by atoms with Crippen molar-refractivity contribution >= 4 is 11.6 Å². The molecule has 1 aromatic heterocycles. The molecule has 0 bridgehead atoms. The second kappa shape index (κ2) is 5.56. The highest BCUT2D eigenvalue weighted by Crippen LogP contribution is 2.30. The van der Waals surface area contributed by atoms with Crippen LogP contribution in [0.1, 0.15) is 23.7 Å². The summed E-state index contributed by atoms with van der Waals surface area (Å²) < 4.78 is 7.41. The zero-order chi connectivity index (χ0) is 14.1. The quantitative estimate of drug-likeness (QED) is 0.946. The number of hydrogen-bond acceptors (Lipinski definition) is 3. The zero-order valence-electron chi connectivity index (χ0n) is 11.4. The summed E-state index contributed by atoms with van der Waals surface area (Å²) in [6, 6.07) is 5.86. The monoisotopic (exact) mass is 291 g/mol. The Morgan fingerprint density at radius 2 is 2.35 bits per heavy atom. The van der Waals surface area contributed by atoms with E-state index in [2.05, 4.69) is 4.98 Å². The van der Waals surface area contributed by atoms with Crippen LogP contribution in [0, 0.1) is 12.8 Å². The van der Waals surface area contributed by atoms with Gasteiger partial charge in [0.2, 0.25) is 0 Å². The molecule has 5 heteroatoms. The van der Waals surface area contributed by atoms with Gasteiger partial charge in [-0.3, -0.25) is 0 Å². The zero-order valence-corrected chi connectivity index (χ0v) is 12.2. The number of aromatic nitrogens is 2. The minimum atomic E-state index is -0.0865. The topological polar surface area (TPSA) is 53.1 Å². The van der Waals surface area contributed by atoms with Crippen LogP contribution in [0.2, 0.25) is 5.02 Å². The minimum absolute atomic E-state index is 0.0865. The standard InChI is InChI=1S/C15H18ClN3O/c1-10-2-3-12(16)13(6-10)19-9-18-7-14(19)15(17)11-4-5-20-8-11/h2-3,6-7,9,11,15H,4-5,8,17H2,1H3. The average Bonchev–Trinajstić information content (AvgIpc) is 3.11. The highest BCUT2D eigenvalue weighted by atomic mass is 35.5. The number of imidazole rings is 1. The third-order valence-electron chi connectivity index (χ3n) is 3.84. The lowest BCUT2D eigenvalue weighted by Crippen LogP contribution is -2.24. The van der Waals surface area contributed by atoms with Crippen LogP contribution < -0.4 is 5.73 Å². The Bertz CT molecular complexity index is 605. The van der Waals surface area contributed by atoms with Crippen molar-refractivity contribution in [3.8, 4) is 5.69 Å². The van der Waals surface area contributed by atoms with Crippen LogP contribution in [0.3, 0.4) is 0 Å². The molecule has 0 spiro atoms. The van der Waals surface area contributed by atoms with Crippen molar-refractivity contribution in [2.24, 2.45) is 11.7 Å². The van der Waals surface area contributed by atoms with Gasteiger partial charge in [0.1, 0.15) is 0 Å². The molecule has 2 unspecified atom stereocenters. The molecular weight excluding hydrogens is 274 g/mol. The summed E-state index contributed by atoms with van der Waals surface area (Å²) in [5.41, 5.74) is 9.45. The van der Waals surface area contributed by atoms with Gasteiger partial charge in [0.25, 0.3) is 0 Å². The summed E-state index contributed by atoms with van der Waals surface area (Å²) in [6.45, 7) is 3.55. The van der Waals surface area contributed by atoms with Crippen molar-refractivity contribution in [2.75, 3.05) is 13.2 Å². The number of aryl methyl sites for hydroxylation is 1. The van der Waals surface area contributed by atoms with E-state index in [9.17, 15) is 0 Å². The summed E-state index contributed by atoms with van der Waals surface area (Å²) in [4.78, 5) is 4.25. The molecule has 106 valence electrons. The van der Waals surface area contributed by atoms with Crippen molar-refractivity contribution in [3.63, 3.8) is 0 Å².